The van der Waals surface area contributed by atoms with Crippen LogP contribution in [0, 0.1) is 0 Å². The van der Waals surface area contributed by atoms with Crippen LogP contribution < -0.4 is 33.2 Å². The number of benzene rings is 1. The maximum Gasteiger partial charge on any atom is 0.328 e. The highest BCUT2D eigenvalue weighted by Gasteiger charge is 2.32. The molecule has 0 spiro atoms. The average Bonchev–Trinajstić information content (AvgIpc) is 2.82. The molecule has 206 valence electrons. The van der Waals surface area contributed by atoms with E-state index in [-0.39, 0.29) is 18.6 Å². The van der Waals surface area contributed by atoms with Gasteiger partial charge >= 0.3 is 5.97 Å². The molecule has 0 saturated heterocycles. The highest BCUT2D eigenvalue weighted by molar-refractivity contribution is 5.96. The number of hydrogen-bond donors (Lipinski definition) is 9. The summed E-state index contributed by atoms with van der Waals surface area (Å²) in [6.45, 7) is 1.59. The van der Waals surface area contributed by atoms with Gasteiger partial charge in [0.15, 0.2) is 6.04 Å². The lowest BCUT2D eigenvalue weighted by Gasteiger charge is -2.25. The second-order valence-electron chi connectivity index (χ2n) is 8.62. The van der Waals surface area contributed by atoms with Gasteiger partial charge in [-0.2, -0.15) is 0 Å². The van der Waals surface area contributed by atoms with Crippen LogP contribution in [0.1, 0.15) is 38.2 Å². The van der Waals surface area contributed by atoms with E-state index in [0.717, 1.165) is 0 Å². The number of aliphatic hydroxyl groups is 1. The lowest BCUT2D eigenvalue weighted by Crippen LogP contribution is -2.59. The molecule has 0 aliphatic carbocycles. The number of aliphatic carboxylic acids is 1. The molecule has 37 heavy (non-hydrogen) atoms. The van der Waals surface area contributed by atoms with E-state index >= 15 is 0 Å². The average molecular weight is 525 g/mol. The van der Waals surface area contributed by atoms with Gasteiger partial charge in [0.2, 0.25) is 23.6 Å². The lowest BCUT2D eigenvalue weighted by molar-refractivity contribution is -0.145. The van der Waals surface area contributed by atoms with Crippen LogP contribution in [0.5, 0.6) is 5.75 Å². The molecule has 1 aromatic rings. The molecule has 0 fully saturated rings. The molecular formula is C23H36N6O8. The highest BCUT2D eigenvalue weighted by Crippen LogP contribution is 2.12. The molecule has 1 rings (SSSR count). The molecular weight excluding hydrogens is 488 g/mol. The number of amides is 4. The Bertz CT molecular complexity index is 940. The minimum absolute atomic E-state index is 0.0409. The van der Waals surface area contributed by atoms with Gasteiger partial charge in [0.1, 0.15) is 17.8 Å². The first-order valence-corrected chi connectivity index (χ1v) is 11.7. The Morgan fingerprint density at radius 1 is 0.919 bits per heavy atom. The second kappa shape index (κ2) is 15.4. The van der Waals surface area contributed by atoms with E-state index in [1.54, 1.807) is 0 Å². The number of primary amides is 1. The number of carboxylic acids is 1. The summed E-state index contributed by atoms with van der Waals surface area (Å²) in [6.07, 6.45) is -0.694. The molecule has 12 N–H and O–H groups in total. The summed E-state index contributed by atoms with van der Waals surface area (Å²) in [4.78, 5) is 61.4. The quantitative estimate of drug-likeness (QED) is 0.100. The van der Waals surface area contributed by atoms with E-state index in [1.165, 1.54) is 31.2 Å². The molecule has 14 heteroatoms. The van der Waals surface area contributed by atoms with Gasteiger partial charge in [-0.15, -0.1) is 0 Å². The van der Waals surface area contributed by atoms with Crippen LogP contribution in [0.3, 0.4) is 0 Å². The second-order valence-corrected chi connectivity index (χ2v) is 8.62. The smallest absolute Gasteiger partial charge is 0.328 e. The zero-order chi connectivity index (χ0) is 28.1. The van der Waals surface area contributed by atoms with Crippen molar-refractivity contribution in [1.82, 2.24) is 16.0 Å². The number of rotatable bonds is 16. The maximum atomic E-state index is 13.0. The van der Waals surface area contributed by atoms with Crippen molar-refractivity contribution in [3.8, 4) is 5.75 Å². The van der Waals surface area contributed by atoms with E-state index in [2.05, 4.69) is 16.0 Å². The van der Waals surface area contributed by atoms with Crippen molar-refractivity contribution in [2.75, 3.05) is 6.54 Å². The van der Waals surface area contributed by atoms with E-state index in [1.807, 2.05) is 0 Å². The summed E-state index contributed by atoms with van der Waals surface area (Å²) in [7, 11) is 0. The number of carbonyl (C=O) groups is 5. The normalized spacial score (nSPS) is 14.9. The molecule has 14 nitrogen and oxygen atoms in total. The fraction of sp³-hybridized carbons (Fsp3) is 0.522. The Labute approximate surface area is 213 Å². The summed E-state index contributed by atoms with van der Waals surface area (Å²) >= 11 is 0. The monoisotopic (exact) mass is 524 g/mol. The Morgan fingerprint density at radius 3 is 2.00 bits per heavy atom. The van der Waals surface area contributed by atoms with Gasteiger partial charge in [-0.25, -0.2) is 4.79 Å². The first kappa shape index (κ1) is 31.3. The van der Waals surface area contributed by atoms with Crippen molar-refractivity contribution in [3.05, 3.63) is 29.8 Å². The maximum absolute atomic E-state index is 13.0. The fourth-order valence-corrected chi connectivity index (χ4v) is 3.32. The van der Waals surface area contributed by atoms with Crippen LogP contribution in [-0.4, -0.2) is 81.7 Å². The van der Waals surface area contributed by atoms with Crippen molar-refractivity contribution in [1.29, 1.82) is 0 Å². The van der Waals surface area contributed by atoms with Gasteiger partial charge < -0.3 is 48.5 Å². The molecule has 0 heterocycles. The van der Waals surface area contributed by atoms with Gasteiger partial charge in [0, 0.05) is 6.42 Å². The number of phenolic OH excluding ortho intramolecular Hbond substituents is 1. The number of aromatic hydroxyl groups is 1. The highest BCUT2D eigenvalue weighted by atomic mass is 16.4. The first-order chi connectivity index (χ1) is 17.3. The van der Waals surface area contributed by atoms with E-state index in [9.17, 15) is 39.3 Å². The van der Waals surface area contributed by atoms with Crippen LogP contribution in [0.2, 0.25) is 0 Å². The summed E-state index contributed by atoms with van der Waals surface area (Å²) in [5, 5.41) is 35.4. The Kier molecular flexibility index (Phi) is 13.0. The topological polar surface area (TPSA) is 260 Å². The fourth-order valence-electron chi connectivity index (χ4n) is 3.32. The summed E-state index contributed by atoms with van der Waals surface area (Å²) in [5.74, 6) is -5.04. The molecule has 0 saturated carbocycles. The Balaban J connectivity index is 3.11. The molecule has 4 amide bonds. The molecule has 0 bridgehead atoms. The van der Waals surface area contributed by atoms with Crippen molar-refractivity contribution >= 4 is 29.6 Å². The minimum Gasteiger partial charge on any atom is -0.508 e. The zero-order valence-corrected chi connectivity index (χ0v) is 20.6. The van der Waals surface area contributed by atoms with Crippen LogP contribution >= 0.6 is 0 Å². The van der Waals surface area contributed by atoms with E-state index in [0.29, 0.717) is 24.9 Å². The van der Waals surface area contributed by atoms with Gasteiger partial charge in [0.05, 0.1) is 18.6 Å². The predicted molar refractivity (Wildman–Crippen MR) is 132 cm³/mol. The number of nitrogens with two attached hydrogens (primary N) is 3. The van der Waals surface area contributed by atoms with Crippen LogP contribution in [0.4, 0.5) is 0 Å². The zero-order valence-electron chi connectivity index (χ0n) is 20.6. The van der Waals surface area contributed by atoms with Crippen molar-refractivity contribution < 1.29 is 39.3 Å². The number of aliphatic hydroxyl groups excluding tert-OH is 1. The Hall–Kier alpha value is -3.75. The number of carbonyl (C=O) groups excluding carboxylic acids is 4. The molecule has 5 unspecified atom stereocenters. The standard InChI is InChI=1S/C23H36N6O8/c1-12(30)19(23(36)37)29-22(35)16(10-13-5-7-14(31)8-6-13)28-21(34)17(11-18(26)32)27-20(33)15(25)4-2-3-9-24/h5-8,12,15-17,19,30-31H,2-4,9-11,24-25H2,1H3,(H2,26,32)(H,27,33)(H,28,34)(H,29,35)(H,36,37). The number of nitrogens with one attached hydrogen (secondary N) is 3. The largest absolute Gasteiger partial charge is 0.508 e. The summed E-state index contributed by atoms with van der Waals surface area (Å²) in [5.41, 5.74) is 17.0. The lowest BCUT2D eigenvalue weighted by atomic mass is 10.0. The number of unbranched alkanes of at least 4 members (excludes halogenated alkanes) is 1. The first-order valence-electron chi connectivity index (χ1n) is 11.7. The van der Waals surface area contributed by atoms with Gasteiger partial charge in [-0.1, -0.05) is 18.6 Å². The molecule has 5 atom stereocenters. The molecule has 1 aromatic carbocycles. The SMILES string of the molecule is CC(O)C(NC(=O)C(Cc1ccc(O)cc1)NC(=O)C(CC(N)=O)NC(=O)C(N)CCCCN)C(=O)O. The minimum atomic E-state index is -1.67. The third kappa shape index (κ3) is 11.2. The third-order valence-corrected chi connectivity index (χ3v) is 5.40. The number of carboxylic acid groups (broad SMARTS) is 1. The molecule has 0 aliphatic rings. The number of hydrogen-bond acceptors (Lipinski definition) is 9. The van der Waals surface area contributed by atoms with Gasteiger partial charge in [-0.3, -0.25) is 19.2 Å². The molecule has 0 aliphatic heterocycles. The third-order valence-electron chi connectivity index (χ3n) is 5.40. The van der Waals surface area contributed by atoms with Gasteiger partial charge in [-0.05, 0) is 44.0 Å². The summed E-state index contributed by atoms with van der Waals surface area (Å²) < 4.78 is 0. The van der Waals surface area contributed by atoms with Crippen LogP contribution in [-0.2, 0) is 30.4 Å². The van der Waals surface area contributed by atoms with Crippen molar-refractivity contribution in [2.45, 2.75) is 69.3 Å². The predicted octanol–water partition coefficient (Wildman–Crippen LogP) is -2.81. The van der Waals surface area contributed by atoms with Crippen LogP contribution in [0.15, 0.2) is 24.3 Å². The van der Waals surface area contributed by atoms with E-state index in [4.69, 9.17) is 17.2 Å². The van der Waals surface area contributed by atoms with Crippen molar-refractivity contribution in [2.24, 2.45) is 17.2 Å². The number of phenols is 1. The molecule has 0 radical (unpaired) electrons. The summed E-state index contributed by atoms with van der Waals surface area (Å²) in [6, 6.07) is 0.166. The van der Waals surface area contributed by atoms with Crippen LogP contribution in [0.25, 0.3) is 0 Å². The van der Waals surface area contributed by atoms with E-state index < -0.39 is 66.3 Å². The Morgan fingerprint density at radius 2 is 1.49 bits per heavy atom. The van der Waals surface area contributed by atoms with Gasteiger partial charge in [0.25, 0.3) is 0 Å². The molecule has 0 aromatic heterocycles. The van der Waals surface area contributed by atoms with Crippen molar-refractivity contribution in [3.63, 3.8) is 0 Å².